The molecule has 0 saturated carbocycles. The van der Waals surface area contributed by atoms with Crippen molar-refractivity contribution in [2.45, 2.75) is 25.3 Å². The molecule has 0 fully saturated rings. The minimum absolute atomic E-state index is 0.0733. The van der Waals surface area contributed by atoms with E-state index in [-0.39, 0.29) is 11.9 Å². The predicted molar refractivity (Wildman–Crippen MR) is 67.4 cm³/mol. The molecule has 0 saturated heterocycles. The quantitative estimate of drug-likeness (QED) is 0.841. The number of halogens is 1. The average molecular weight is 248 g/mol. The van der Waals surface area contributed by atoms with Gasteiger partial charge in [0.05, 0.1) is 5.69 Å². The molecular weight excluding hydrogens is 235 g/mol. The Morgan fingerprint density at radius 1 is 1.29 bits per heavy atom. The number of aryl methyl sites for hydroxylation is 1. The highest BCUT2D eigenvalue weighted by atomic mass is 32.1. The Morgan fingerprint density at radius 2 is 2.06 bits per heavy atom. The molecule has 17 heavy (non-hydrogen) atoms. The second kappa shape index (κ2) is 4.20. The molecule has 0 radical (unpaired) electrons. The van der Waals surface area contributed by atoms with Gasteiger partial charge in [0.2, 0.25) is 0 Å². The lowest BCUT2D eigenvalue weighted by Gasteiger charge is -2.15. The van der Waals surface area contributed by atoms with E-state index >= 15 is 0 Å². The van der Waals surface area contributed by atoms with E-state index in [1.807, 2.05) is 0 Å². The van der Waals surface area contributed by atoms with Gasteiger partial charge in [-0.3, -0.25) is 0 Å². The van der Waals surface area contributed by atoms with Gasteiger partial charge in [0.25, 0.3) is 0 Å². The third-order valence-corrected chi connectivity index (χ3v) is 4.27. The van der Waals surface area contributed by atoms with Crippen molar-refractivity contribution in [2.24, 2.45) is 5.73 Å². The average Bonchev–Trinajstić information content (AvgIpc) is 2.75. The van der Waals surface area contributed by atoms with Crippen LogP contribution in [-0.4, -0.2) is 4.98 Å². The maximum absolute atomic E-state index is 12.9. The lowest BCUT2D eigenvalue weighted by molar-refractivity contribution is 0.564. The summed E-state index contributed by atoms with van der Waals surface area (Å²) < 4.78 is 12.9. The first-order valence-electron chi connectivity index (χ1n) is 5.75. The van der Waals surface area contributed by atoms with E-state index < -0.39 is 0 Å². The van der Waals surface area contributed by atoms with Crippen LogP contribution in [0, 0.1) is 5.82 Å². The van der Waals surface area contributed by atoms with Crippen LogP contribution in [0.4, 0.5) is 4.39 Å². The molecule has 1 aromatic heterocycles. The van der Waals surface area contributed by atoms with E-state index in [1.165, 1.54) is 17.0 Å². The summed E-state index contributed by atoms with van der Waals surface area (Å²) in [5.41, 5.74) is 8.06. The Kier molecular flexibility index (Phi) is 2.68. The number of hydrogen-bond donors (Lipinski definition) is 1. The summed E-state index contributed by atoms with van der Waals surface area (Å²) >= 11 is 1.68. The maximum atomic E-state index is 12.9. The van der Waals surface area contributed by atoms with Crippen LogP contribution in [0.5, 0.6) is 0 Å². The summed E-state index contributed by atoms with van der Waals surface area (Å²) in [6.45, 7) is 0. The van der Waals surface area contributed by atoms with E-state index in [9.17, 15) is 4.39 Å². The Morgan fingerprint density at radius 3 is 2.76 bits per heavy atom. The number of benzene rings is 1. The number of hydrogen-bond acceptors (Lipinski definition) is 3. The van der Waals surface area contributed by atoms with Crippen molar-refractivity contribution in [3.63, 3.8) is 0 Å². The lowest BCUT2D eigenvalue weighted by atomic mass is 9.99. The largest absolute Gasteiger partial charge is 0.323 e. The number of thiazole rings is 1. The molecule has 1 heterocycles. The van der Waals surface area contributed by atoms with Gasteiger partial charge < -0.3 is 5.73 Å². The van der Waals surface area contributed by atoms with Crippen LogP contribution in [0.2, 0.25) is 0 Å². The van der Waals surface area contributed by atoms with Gasteiger partial charge in [0.1, 0.15) is 10.8 Å². The second-order valence-corrected chi connectivity index (χ2v) is 5.42. The molecule has 0 amide bonds. The minimum atomic E-state index is -0.216. The number of nitrogens with two attached hydrogens (primary N) is 1. The Hall–Kier alpha value is -1.26. The van der Waals surface area contributed by atoms with Gasteiger partial charge in [-0.1, -0.05) is 0 Å². The maximum Gasteiger partial charge on any atom is 0.123 e. The van der Waals surface area contributed by atoms with Crippen LogP contribution in [0.25, 0.3) is 10.6 Å². The van der Waals surface area contributed by atoms with Gasteiger partial charge in [0.15, 0.2) is 0 Å². The van der Waals surface area contributed by atoms with Crippen molar-refractivity contribution >= 4 is 11.3 Å². The monoisotopic (exact) mass is 248 g/mol. The summed E-state index contributed by atoms with van der Waals surface area (Å²) in [6, 6.07) is 6.55. The van der Waals surface area contributed by atoms with Gasteiger partial charge in [-0.25, -0.2) is 9.37 Å². The number of aromatic nitrogens is 1. The summed E-state index contributed by atoms with van der Waals surface area (Å²) in [6.07, 6.45) is 3.22. The van der Waals surface area contributed by atoms with Crippen molar-refractivity contribution < 1.29 is 4.39 Å². The van der Waals surface area contributed by atoms with Crippen LogP contribution < -0.4 is 5.73 Å². The van der Waals surface area contributed by atoms with Gasteiger partial charge in [0, 0.05) is 16.5 Å². The highest BCUT2D eigenvalue weighted by Gasteiger charge is 2.22. The molecule has 0 spiro atoms. The van der Waals surface area contributed by atoms with Crippen LogP contribution >= 0.6 is 11.3 Å². The fraction of sp³-hybridized carbons (Fsp3) is 0.308. The molecule has 0 aliphatic heterocycles. The van der Waals surface area contributed by atoms with Crippen LogP contribution in [0.1, 0.15) is 29.5 Å². The molecule has 1 aliphatic rings. The first-order valence-corrected chi connectivity index (χ1v) is 6.57. The van der Waals surface area contributed by atoms with Gasteiger partial charge in [-0.05, 0) is 43.5 Å². The zero-order valence-electron chi connectivity index (χ0n) is 9.32. The van der Waals surface area contributed by atoms with Crippen LogP contribution in [0.15, 0.2) is 24.3 Å². The molecule has 1 aliphatic carbocycles. The Bertz CT molecular complexity index is 533. The molecule has 1 atom stereocenters. The number of nitrogens with zero attached hydrogens (tertiary/aromatic N) is 1. The standard InChI is InChI=1S/C13H13FN2S/c14-9-6-4-8(5-7-9)13-16-12-10(15)2-1-3-11(12)17-13/h4-7,10H,1-3,15H2/t10-/m1/s1. The second-order valence-electron chi connectivity index (χ2n) is 4.33. The highest BCUT2D eigenvalue weighted by Crippen LogP contribution is 2.35. The molecule has 0 bridgehead atoms. The molecule has 3 rings (SSSR count). The lowest BCUT2D eigenvalue weighted by Crippen LogP contribution is -2.16. The Balaban J connectivity index is 2.02. The molecule has 1 aromatic carbocycles. The molecule has 88 valence electrons. The fourth-order valence-corrected chi connectivity index (χ4v) is 3.35. The van der Waals surface area contributed by atoms with E-state index in [4.69, 9.17) is 5.73 Å². The number of rotatable bonds is 1. The van der Waals surface area contributed by atoms with Crippen LogP contribution in [0.3, 0.4) is 0 Å². The summed E-state index contributed by atoms with van der Waals surface area (Å²) in [7, 11) is 0. The molecular formula is C13H13FN2S. The number of fused-ring (bicyclic) bond motifs is 1. The van der Waals surface area contributed by atoms with E-state index in [1.54, 1.807) is 23.5 Å². The van der Waals surface area contributed by atoms with Gasteiger partial charge >= 0.3 is 0 Å². The topological polar surface area (TPSA) is 38.9 Å². The van der Waals surface area contributed by atoms with Gasteiger partial charge in [-0.2, -0.15) is 0 Å². The fourth-order valence-electron chi connectivity index (χ4n) is 2.17. The normalized spacial score (nSPS) is 19.1. The molecule has 4 heteroatoms. The molecule has 2 aromatic rings. The van der Waals surface area contributed by atoms with Crippen molar-refractivity contribution in [3.8, 4) is 10.6 Å². The molecule has 2 N–H and O–H groups in total. The first-order chi connectivity index (χ1) is 8.24. The molecule has 0 unspecified atom stereocenters. The SMILES string of the molecule is N[C@@H]1CCCc2sc(-c3ccc(F)cc3)nc21. The summed E-state index contributed by atoms with van der Waals surface area (Å²) in [4.78, 5) is 5.90. The van der Waals surface area contributed by atoms with Crippen LogP contribution in [-0.2, 0) is 6.42 Å². The summed E-state index contributed by atoms with van der Waals surface area (Å²) in [5, 5.41) is 0.951. The van der Waals surface area contributed by atoms with Crippen molar-refractivity contribution in [3.05, 3.63) is 40.7 Å². The zero-order valence-corrected chi connectivity index (χ0v) is 10.1. The third-order valence-electron chi connectivity index (χ3n) is 3.09. The first kappa shape index (κ1) is 10.9. The van der Waals surface area contributed by atoms with E-state index in [0.29, 0.717) is 0 Å². The van der Waals surface area contributed by atoms with Crippen molar-refractivity contribution in [1.29, 1.82) is 0 Å². The Labute approximate surface area is 103 Å². The van der Waals surface area contributed by atoms with E-state index in [0.717, 1.165) is 35.5 Å². The van der Waals surface area contributed by atoms with Crippen molar-refractivity contribution in [2.75, 3.05) is 0 Å². The van der Waals surface area contributed by atoms with E-state index in [2.05, 4.69) is 4.98 Å². The highest BCUT2D eigenvalue weighted by molar-refractivity contribution is 7.15. The third kappa shape index (κ3) is 1.98. The summed E-state index contributed by atoms with van der Waals surface area (Å²) in [5.74, 6) is -0.216. The van der Waals surface area contributed by atoms with Gasteiger partial charge in [-0.15, -0.1) is 11.3 Å². The molecule has 2 nitrogen and oxygen atoms in total. The predicted octanol–water partition coefficient (Wildman–Crippen LogP) is 3.29. The minimum Gasteiger partial charge on any atom is -0.323 e. The van der Waals surface area contributed by atoms with Crippen molar-refractivity contribution in [1.82, 2.24) is 4.98 Å². The zero-order chi connectivity index (χ0) is 11.8. The smallest absolute Gasteiger partial charge is 0.123 e.